The Morgan fingerprint density at radius 3 is 2.84 bits per heavy atom. The van der Waals surface area contributed by atoms with Crippen molar-refractivity contribution in [3.63, 3.8) is 0 Å². The van der Waals surface area contributed by atoms with E-state index in [0.717, 1.165) is 25.9 Å². The number of allylic oxidation sites excluding steroid dienone is 5. The monoisotopic (exact) mass is 260 g/mol. The van der Waals surface area contributed by atoms with Gasteiger partial charge in [-0.3, -0.25) is 0 Å². The first kappa shape index (κ1) is 13.0. The maximum atomic E-state index is 9.70. The normalized spacial score (nSPS) is 36.1. The van der Waals surface area contributed by atoms with E-state index >= 15 is 0 Å². The number of aliphatic hydroxyl groups is 1. The molecule has 0 bridgehead atoms. The highest BCUT2D eigenvalue weighted by Crippen LogP contribution is 2.53. The zero-order valence-electron chi connectivity index (χ0n) is 11.8. The van der Waals surface area contributed by atoms with Crippen molar-refractivity contribution in [2.75, 3.05) is 6.61 Å². The summed E-state index contributed by atoms with van der Waals surface area (Å²) in [5, 5.41) is 9.70. The molecule has 2 nitrogen and oxygen atoms in total. The molecule has 1 N–H and O–H groups in total. The molecule has 0 heterocycles. The molecule has 3 aliphatic carbocycles. The maximum Gasteiger partial charge on any atom is 0.0863 e. The lowest BCUT2D eigenvalue weighted by Crippen LogP contribution is -2.27. The molecule has 0 aromatic rings. The Hall–Kier alpha value is -1.02. The zero-order valence-corrected chi connectivity index (χ0v) is 11.8. The average molecular weight is 260 g/mol. The molecule has 0 amide bonds. The van der Waals surface area contributed by atoms with Gasteiger partial charge in [0.2, 0.25) is 0 Å². The molecule has 2 heteroatoms. The number of ether oxygens (including phenoxy) is 1. The van der Waals surface area contributed by atoms with E-state index in [-0.39, 0.29) is 6.10 Å². The van der Waals surface area contributed by atoms with Crippen LogP contribution >= 0.6 is 0 Å². The van der Waals surface area contributed by atoms with Crippen molar-refractivity contribution in [2.24, 2.45) is 5.41 Å². The van der Waals surface area contributed by atoms with Crippen molar-refractivity contribution >= 4 is 0 Å². The van der Waals surface area contributed by atoms with Crippen LogP contribution in [0.5, 0.6) is 0 Å². The fourth-order valence-corrected chi connectivity index (χ4v) is 3.86. The van der Waals surface area contributed by atoms with Crippen LogP contribution in [0.1, 0.15) is 51.9 Å². The van der Waals surface area contributed by atoms with E-state index in [4.69, 9.17) is 4.74 Å². The predicted octanol–water partition coefficient (Wildman–Crippen LogP) is 3.88. The smallest absolute Gasteiger partial charge is 0.0863 e. The van der Waals surface area contributed by atoms with Crippen molar-refractivity contribution in [3.05, 3.63) is 35.1 Å². The fraction of sp³-hybridized carbons (Fsp3) is 0.647. The lowest BCUT2D eigenvalue weighted by atomic mass is 9.70. The first-order valence-corrected chi connectivity index (χ1v) is 7.58. The van der Waals surface area contributed by atoms with Crippen LogP contribution in [-0.2, 0) is 4.74 Å². The standard InChI is InChI=1S/C17H24O2/c1-2-19-12-13-3-4-14-10-17(11-15(14)9-13)7-5-16(18)6-8-17/h3-4,12,16,18H,2,5-11H2,1H3. The van der Waals surface area contributed by atoms with Gasteiger partial charge in [0.15, 0.2) is 0 Å². The van der Waals surface area contributed by atoms with Gasteiger partial charge in [0.05, 0.1) is 19.0 Å². The third-order valence-corrected chi connectivity index (χ3v) is 4.94. The topological polar surface area (TPSA) is 29.5 Å². The third-order valence-electron chi connectivity index (χ3n) is 4.94. The summed E-state index contributed by atoms with van der Waals surface area (Å²) in [5.74, 6) is 0. The Kier molecular flexibility index (Phi) is 3.53. The number of hydrogen-bond acceptors (Lipinski definition) is 2. The molecule has 0 atom stereocenters. The molecule has 3 rings (SSSR count). The molecule has 0 radical (unpaired) electrons. The Balaban J connectivity index is 1.67. The van der Waals surface area contributed by atoms with E-state index in [0.29, 0.717) is 5.41 Å². The van der Waals surface area contributed by atoms with E-state index in [1.807, 2.05) is 13.2 Å². The van der Waals surface area contributed by atoms with Crippen molar-refractivity contribution in [1.82, 2.24) is 0 Å². The van der Waals surface area contributed by atoms with Gasteiger partial charge in [-0.1, -0.05) is 17.7 Å². The van der Waals surface area contributed by atoms with E-state index in [1.54, 1.807) is 11.1 Å². The second-order valence-electron chi connectivity index (χ2n) is 6.37. The van der Waals surface area contributed by atoms with E-state index in [1.165, 1.54) is 31.3 Å². The molecule has 104 valence electrons. The summed E-state index contributed by atoms with van der Waals surface area (Å²) in [7, 11) is 0. The Morgan fingerprint density at radius 1 is 1.32 bits per heavy atom. The molecule has 19 heavy (non-hydrogen) atoms. The van der Waals surface area contributed by atoms with Crippen molar-refractivity contribution in [1.29, 1.82) is 0 Å². The summed E-state index contributed by atoms with van der Waals surface area (Å²) < 4.78 is 5.40. The van der Waals surface area contributed by atoms with Gasteiger partial charge in [0.1, 0.15) is 0 Å². The first-order valence-electron chi connectivity index (χ1n) is 7.58. The maximum absolute atomic E-state index is 9.70. The molecule has 0 aromatic carbocycles. The highest BCUT2D eigenvalue weighted by Gasteiger charge is 2.41. The quantitative estimate of drug-likeness (QED) is 0.763. The van der Waals surface area contributed by atoms with Crippen LogP contribution in [-0.4, -0.2) is 17.8 Å². The molecule has 0 unspecified atom stereocenters. The first-order chi connectivity index (χ1) is 9.21. The van der Waals surface area contributed by atoms with E-state index in [2.05, 4.69) is 12.2 Å². The highest BCUT2D eigenvalue weighted by atomic mass is 16.5. The Morgan fingerprint density at radius 2 is 2.11 bits per heavy atom. The molecule has 0 aromatic heterocycles. The van der Waals surface area contributed by atoms with Gasteiger partial charge >= 0.3 is 0 Å². The molecule has 3 aliphatic rings. The number of rotatable bonds is 2. The summed E-state index contributed by atoms with van der Waals surface area (Å²) in [6.45, 7) is 2.76. The summed E-state index contributed by atoms with van der Waals surface area (Å²) in [6, 6.07) is 0. The van der Waals surface area contributed by atoms with Crippen LogP contribution in [0.2, 0.25) is 0 Å². The zero-order chi connectivity index (χ0) is 13.3. The predicted molar refractivity (Wildman–Crippen MR) is 76.6 cm³/mol. The minimum Gasteiger partial charge on any atom is -0.501 e. The van der Waals surface area contributed by atoms with Crippen LogP contribution in [0, 0.1) is 5.41 Å². The minimum atomic E-state index is -0.0489. The molecule has 1 spiro atoms. The van der Waals surface area contributed by atoms with Crippen LogP contribution in [0.25, 0.3) is 0 Å². The lowest BCUT2D eigenvalue weighted by Gasteiger charge is -2.36. The second-order valence-corrected chi connectivity index (χ2v) is 6.37. The van der Waals surface area contributed by atoms with Crippen LogP contribution in [0.4, 0.5) is 0 Å². The molecule has 1 saturated carbocycles. The van der Waals surface area contributed by atoms with Crippen LogP contribution in [0.15, 0.2) is 35.1 Å². The Labute approximate surface area is 115 Å². The van der Waals surface area contributed by atoms with Gasteiger partial charge in [-0.15, -0.1) is 0 Å². The molecular formula is C17H24O2. The van der Waals surface area contributed by atoms with Gasteiger partial charge in [0.25, 0.3) is 0 Å². The Bertz CT molecular complexity index is 434. The van der Waals surface area contributed by atoms with Crippen LogP contribution < -0.4 is 0 Å². The van der Waals surface area contributed by atoms with E-state index < -0.39 is 0 Å². The molecular weight excluding hydrogens is 236 g/mol. The third kappa shape index (κ3) is 2.64. The molecule has 0 saturated heterocycles. The van der Waals surface area contributed by atoms with Crippen LogP contribution in [0.3, 0.4) is 0 Å². The number of aliphatic hydroxyl groups excluding tert-OH is 1. The minimum absolute atomic E-state index is 0.0489. The van der Waals surface area contributed by atoms with Crippen molar-refractivity contribution in [2.45, 2.75) is 58.0 Å². The van der Waals surface area contributed by atoms with Gasteiger partial charge < -0.3 is 9.84 Å². The SMILES string of the molecule is CCOC=C1C=CC2=C(C1)CC1(CCC(O)CC1)C2. The van der Waals surface area contributed by atoms with E-state index in [9.17, 15) is 5.11 Å². The van der Waals surface area contributed by atoms with Gasteiger partial charge in [-0.25, -0.2) is 0 Å². The molecule has 1 fully saturated rings. The lowest BCUT2D eigenvalue weighted by molar-refractivity contribution is 0.0673. The van der Waals surface area contributed by atoms with Crippen molar-refractivity contribution in [3.8, 4) is 0 Å². The summed E-state index contributed by atoms with van der Waals surface area (Å²) >= 11 is 0. The fourth-order valence-electron chi connectivity index (χ4n) is 3.86. The summed E-state index contributed by atoms with van der Waals surface area (Å²) in [5.41, 5.74) is 4.94. The average Bonchev–Trinajstić information content (AvgIpc) is 2.77. The largest absolute Gasteiger partial charge is 0.501 e. The van der Waals surface area contributed by atoms with Gasteiger partial charge in [-0.2, -0.15) is 0 Å². The van der Waals surface area contributed by atoms with Crippen molar-refractivity contribution < 1.29 is 9.84 Å². The highest BCUT2D eigenvalue weighted by molar-refractivity contribution is 5.44. The van der Waals surface area contributed by atoms with Gasteiger partial charge in [0, 0.05) is 0 Å². The number of hydrogen-bond donors (Lipinski definition) is 1. The second kappa shape index (κ2) is 5.16. The summed E-state index contributed by atoms with van der Waals surface area (Å²) in [6.07, 6.45) is 14.3. The summed E-state index contributed by atoms with van der Waals surface area (Å²) in [4.78, 5) is 0. The molecule has 0 aliphatic heterocycles. The van der Waals surface area contributed by atoms with Gasteiger partial charge in [-0.05, 0) is 68.4 Å².